The molecule has 1 saturated heterocycles. The van der Waals surface area contributed by atoms with E-state index in [1.807, 2.05) is 36.5 Å². The van der Waals surface area contributed by atoms with E-state index in [1.54, 1.807) is 4.52 Å². The first-order valence-electron chi connectivity index (χ1n) is 6.83. The number of ether oxygens (including phenoxy) is 1. The summed E-state index contributed by atoms with van der Waals surface area (Å²) in [6.45, 7) is 0.735. The second-order valence-corrected chi connectivity index (χ2v) is 4.91. The average Bonchev–Trinajstić information content (AvgIpc) is 3.18. The van der Waals surface area contributed by atoms with Gasteiger partial charge in [0.05, 0.1) is 12.6 Å². The van der Waals surface area contributed by atoms with Gasteiger partial charge in [-0.25, -0.2) is 9.50 Å². The fourth-order valence-corrected chi connectivity index (χ4v) is 2.42. The number of fused-ring (bicyclic) bond motifs is 1. The molecule has 1 aliphatic rings. The van der Waals surface area contributed by atoms with Crippen molar-refractivity contribution in [3.05, 3.63) is 54.5 Å². The van der Waals surface area contributed by atoms with Crippen molar-refractivity contribution in [1.82, 2.24) is 20.1 Å². The van der Waals surface area contributed by atoms with Gasteiger partial charge in [-0.05, 0) is 30.2 Å². The van der Waals surface area contributed by atoms with Crippen molar-refractivity contribution in [1.29, 1.82) is 0 Å². The molecule has 4 rings (SSSR count). The number of rotatable bonds is 3. The Balaban J connectivity index is 1.59. The van der Waals surface area contributed by atoms with E-state index in [1.165, 1.54) is 6.33 Å². The third kappa shape index (κ3) is 2.46. The van der Waals surface area contributed by atoms with Crippen molar-refractivity contribution in [3.63, 3.8) is 0 Å². The van der Waals surface area contributed by atoms with Gasteiger partial charge in [-0.1, -0.05) is 12.1 Å². The van der Waals surface area contributed by atoms with E-state index in [4.69, 9.17) is 9.57 Å². The van der Waals surface area contributed by atoms with Crippen LogP contribution in [-0.4, -0.2) is 21.2 Å². The number of nitrogens with one attached hydrogen (secondary N) is 1. The van der Waals surface area contributed by atoms with Gasteiger partial charge in [0.1, 0.15) is 17.8 Å². The van der Waals surface area contributed by atoms with E-state index >= 15 is 0 Å². The molecule has 0 bridgehead atoms. The number of hydrogen-bond acceptors (Lipinski definition) is 5. The van der Waals surface area contributed by atoms with Crippen LogP contribution in [0.5, 0.6) is 11.5 Å². The van der Waals surface area contributed by atoms with Crippen LogP contribution in [0.25, 0.3) is 5.65 Å². The van der Waals surface area contributed by atoms with Crippen LogP contribution in [0, 0.1) is 0 Å². The second-order valence-electron chi connectivity index (χ2n) is 4.91. The van der Waals surface area contributed by atoms with Crippen LogP contribution >= 0.6 is 0 Å². The lowest BCUT2D eigenvalue weighted by Gasteiger charge is -2.11. The van der Waals surface area contributed by atoms with Crippen molar-refractivity contribution in [2.75, 3.05) is 6.61 Å². The molecule has 106 valence electrons. The topological polar surface area (TPSA) is 60.7 Å². The number of hydrogen-bond donors (Lipinski definition) is 1. The summed E-state index contributed by atoms with van der Waals surface area (Å²) in [4.78, 5) is 9.35. The molecule has 1 N–H and O–H groups in total. The van der Waals surface area contributed by atoms with Crippen LogP contribution in [0.2, 0.25) is 0 Å². The summed E-state index contributed by atoms with van der Waals surface area (Å²) in [5.41, 5.74) is 4.93. The molecule has 0 amide bonds. The summed E-state index contributed by atoms with van der Waals surface area (Å²) in [5.74, 6) is 1.54. The van der Waals surface area contributed by atoms with Crippen molar-refractivity contribution in [3.8, 4) is 11.5 Å². The number of nitrogens with zero attached hydrogens (tertiary/aromatic N) is 3. The second kappa shape index (κ2) is 5.16. The highest BCUT2D eigenvalue weighted by Gasteiger charge is 2.17. The Morgan fingerprint density at radius 1 is 1.24 bits per heavy atom. The Labute approximate surface area is 121 Å². The predicted molar refractivity (Wildman–Crippen MR) is 75.9 cm³/mol. The highest BCUT2D eigenvalue weighted by molar-refractivity contribution is 5.44. The van der Waals surface area contributed by atoms with Gasteiger partial charge in [0.2, 0.25) is 0 Å². The summed E-state index contributed by atoms with van der Waals surface area (Å²) in [7, 11) is 0. The maximum Gasteiger partial charge on any atom is 0.158 e. The largest absolute Gasteiger partial charge is 0.457 e. The SMILES string of the molecule is c1cc(Oc2ccn3ncnc3c2)cc([C@H]2CCON2)c1. The molecule has 1 fully saturated rings. The first-order valence-corrected chi connectivity index (χ1v) is 6.83. The first-order chi connectivity index (χ1) is 10.4. The summed E-state index contributed by atoms with van der Waals surface area (Å²) < 4.78 is 7.60. The third-order valence-electron chi connectivity index (χ3n) is 3.48. The van der Waals surface area contributed by atoms with Gasteiger partial charge < -0.3 is 9.57 Å². The molecule has 0 aliphatic carbocycles. The van der Waals surface area contributed by atoms with E-state index in [0.29, 0.717) is 0 Å². The smallest absolute Gasteiger partial charge is 0.158 e. The molecular weight excluding hydrogens is 268 g/mol. The molecule has 0 saturated carbocycles. The lowest BCUT2D eigenvalue weighted by atomic mass is 10.1. The van der Waals surface area contributed by atoms with Gasteiger partial charge in [0.15, 0.2) is 5.65 Å². The molecular formula is C15H14N4O2. The van der Waals surface area contributed by atoms with E-state index < -0.39 is 0 Å². The minimum absolute atomic E-state index is 0.229. The van der Waals surface area contributed by atoms with Crippen LogP contribution in [0.4, 0.5) is 0 Å². The predicted octanol–water partition coefficient (Wildman–Crippen LogP) is 2.49. The maximum absolute atomic E-state index is 5.91. The zero-order chi connectivity index (χ0) is 14.1. The van der Waals surface area contributed by atoms with Gasteiger partial charge >= 0.3 is 0 Å². The molecule has 0 spiro atoms. The Kier molecular flexibility index (Phi) is 3.02. The Hall–Kier alpha value is -2.44. The number of hydroxylamine groups is 1. The molecule has 1 aromatic carbocycles. The summed E-state index contributed by atoms with van der Waals surface area (Å²) in [5, 5.41) is 4.06. The van der Waals surface area contributed by atoms with Crippen molar-refractivity contribution >= 4 is 5.65 Å². The van der Waals surface area contributed by atoms with E-state index in [-0.39, 0.29) is 6.04 Å². The first kappa shape index (κ1) is 12.3. The summed E-state index contributed by atoms with van der Waals surface area (Å²) >= 11 is 0. The van der Waals surface area contributed by atoms with Crippen molar-refractivity contribution < 1.29 is 9.57 Å². The van der Waals surface area contributed by atoms with E-state index in [9.17, 15) is 0 Å². The lowest BCUT2D eigenvalue weighted by Crippen LogP contribution is -2.11. The van der Waals surface area contributed by atoms with Gasteiger partial charge in [0, 0.05) is 12.3 Å². The number of aromatic nitrogens is 3. The molecule has 0 unspecified atom stereocenters. The Bertz CT molecular complexity index is 765. The number of benzene rings is 1. The zero-order valence-corrected chi connectivity index (χ0v) is 11.3. The summed E-state index contributed by atoms with van der Waals surface area (Å²) in [6, 6.07) is 12.0. The highest BCUT2D eigenvalue weighted by Crippen LogP contribution is 2.27. The fraction of sp³-hybridized carbons (Fsp3) is 0.200. The summed E-state index contributed by atoms with van der Waals surface area (Å²) in [6.07, 6.45) is 4.31. The van der Waals surface area contributed by atoms with Crippen molar-refractivity contribution in [2.45, 2.75) is 12.5 Å². The molecule has 0 radical (unpaired) electrons. The average molecular weight is 282 g/mol. The van der Waals surface area contributed by atoms with Gasteiger partial charge in [0.25, 0.3) is 0 Å². The maximum atomic E-state index is 5.91. The van der Waals surface area contributed by atoms with Crippen LogP contribution in [0.3, 0.4) is 0 Å². The van der Waals surface area contributed by atoms with Crippen LogP contribution in [0.1, 0.15) is 18.0 Å². The van der Waals surface area contributed by atoms with Gasteiger partial charge in [-0.15, -0.1) is 0 Å². The van der Waals surface area contributed by atoms with Crippen molar-refractivity contribution in [2.24, 2.45) is 0 Å². The monoisotopic (exact) mass is 282 g/mol. The lowest BCUT2D eigenvalue weighted by molar-refractivity contribution is 0.0882. The molecule has 21 heavy (non-hydrogen) atoms. The van der Waals surface area contributed by atoms with E-state index in [2.05, 4.69) is 21.6 Å². The quantitative estimate of drug-likeness (QED) is 0.799. The van der Waals surface area contributed by atoms with E-state index in [0.717, 1.165) is 35.7 Å². The number of pyridine rings is 1. The molecule has 3 aromatic rings. The fourth-order valence-electron chi connectivity index (χ4n) is 2.42. The molecule has 3 heterocycles. The van der Waals surface area contributed by atoms with Gasteiger partial charge in [-0.2, -0.15) is 10.6 Å². The Morgan fingerprint density at radius 3 is 3.10 bits per heavy atom. The van der Waals surface area contributed by atoms with Crippen LogP contribution in [0.15, 0.2) is 48.9 Å². The van der Waals surface area contributed by atoms with Crippen LogP contribution in [-0.2, 0) is 4.84 Å². The minimum atomic E-state index is 0.229. The van der Waals surface area contributed by atoms with Gasteiger partial charge in [-0.3, -0.25) is 0 Å². The Morgan fingerprint density at radius 2 is 2.19 bits per heavy atom. The zero-order valence-electron chi connectivity index (χ0n) is 11.3. The third-order valence-corrected chi connectivity index (χ3v) is 3.48. The van der Waals surface area contributed by atoms with Crippen LogP contribution < -0.4 is 10.2 Å². The standard InChI is InChI=1S/C15H14N4O2/c1-2-11(14-5-7-20-18-14)8-12(3-1)21-13-4-6-19-15(9-13)16-10-17-19/h1-4,6,8-10,14,18H,5,7H2/t14-/m1/s1. The normalized spacial score (nSPS) is 18.2. The highest BCUT2D eigenvalue weighted by atomic mass is 16.7. The molecule has 2 aromatic heterocycles. The molecule has 1 atom stereocenters. The molecule has 6 nitrogen and oxygen atoms in total. The molecule has 6 heteroatoms. The molecule has 1 aliphatic heterocycles. The minimum Gasteiger partial charge on any atom is -0.457 e.